The number of carbonyl (C=O) groups excluding carboxylic acids is 1. The highest BCUT2D eigenvalue weighted by Crippen LogP contribution is 2.33. The Morgan fingerprint density at radius 3 is 2.26 bits per heavy atom. The van der Waals surface area contributed by atoms with E-state index in [1.54, 1.807) is 36.4 Å². The third kappa shape index (κ3) is 5.74. The maximum Gasteiger partial charge on any atom is 0.307 e. The van der Waals surface area contributed by atoms with Crippen molar-refractivity contribution >= 4 is 11.8 Å². The maximum atomic E-state index is 11.6. The molecule has 2 aromatic carbocycles. The molecule has 6 heteroatoms. The number of benzene rings is 2. The summed E-state index contributed by atoms with van der Waals surface area (Å²) in [5.74, 6) is 0.0814. The molecule has 0 aliphatic carbocycles. The van der Waals surface area contributed by atoms with E-state index in [-0.39, 0.29) is 24.6 Å². The second-order valence-corrected chi connectivity index (χ2v) is 6.16. The van der Waals surface area contributed by atoms with Gasteiger partial charge in [-0.2, -0.15) is 0 Å². The van der Waals surface area contributed by atoms with E-state index in [2.05, 4.69) is 0 Å². The summed E-state index contributed by atoms with van der Waals surface area (Å²) >= 11 is 0. The molecule has 6 nitrogen and oxygen atoms in total. The van der Waals surface area contributed by atoms with E-state index < -0.39 is 5.97 Å². The van der Waals surface area contributed by atoms with E-state index in [1.165, 1.54) is 6.92 Å². The van der Waals surface area contributed by atoms with Gasteiger partial charge in [0.15, 0.2) is 5.78 Å². The molecule has 0 unspecified atom stereocenters. The normalized spacial score (nSPS) is 10.4. The van der Waals surface area contributed by atoms with Crippen molar-refractivity contribution in [3.63, 3.8) is 0 Å². The topological polar surface area (TPSA) is 93.1 Å². The van der Waals surface area contributed by atoms with Gasteiger partial charge in [0.1, 0.15) is 30.5 Å². The number of aliphatic carboxylic acids is 1. The minimum absolute atomic E-state index is 0.0169. The first-order valence-corrected chi connectivity index (χ1v) is 8.84. The highest BCUT2D eigenvalue weighted by Gasteiger charge is 2.15. The van der Waals surface area contributed by atoms with Crippen LogP contribution in [-0.4, -0.2) is 35.2 Å². The number of hydrogen-bond acceptors (Lipinski definition) is 5. The zero-order chi connectivity index (χ0) is 19.8. The lowest BCUT2D eigenvalue weighted by atomic mass is 10.0. The van der Waals surface area contributed by atoms with Gasteiger partial charge >= 0.3 is 5.97 Å². The highest BCUT2D eigenvalue weighted by atomic mass is 16.5. The number of ketones is 1. The first-order chi connectivity index (χ1) is 12.9. The molecular formula is C21H24O6. The Morgan fingerprint density at radius 2 is 1.67 bits per heavy atom. The van der Waals surface area contributed by atoms with E-state index in [0.29, 0.717) is 41.2 Å². The number of hydrogen-bond donors (Lipinski definition) is 2. The van der Waals surface area contributed by atoms with Crippen molar-refractivity contribution in [2.24, 2.45) is 0 Å². The molecule has 0 aromatic heterocycles. The third-order valence-corrected chi connectivity index (χ3v) is 4.01. The second kappa shape index (κ2) is 9.62. The lowest BCUT2D eigenvalue weighted by Crippen LogP contribution is -2.10. The number of rotatable bonds is 10. The fourth-order valence-electron chi connectivity index (χ4n) is 2.72. The zero-order valence-electron chi connectivity index (χ0n) is 15.5. The smallest absolute Gasteiger partial charge is 0.307 e. The van der Waals surface area contributed by atoms with Crippen LogP contribution in [0.5, 0.6) is 17.2 Å². The molecule has 2 N–H and O–H groups in total. The van der Waals surface area contributed by atoms with E-state index >= 15 is 0 Å². The van der Waals surface area contributed by atoms with Crippen molar-refractivity contribution in [3.8, 4) is 17.2 Å². The first-order valence-electron chi connectivity index (χ1n) is 8.84. The molecule has 0 fully saturated rings. The average Bonchev–Trinajstić information content (AvgIpc) is 2.62. The summed E-state index contributed by atoms with van der Waals surface area (Å²) in [7, 11) is 0. The number of phenolic OH excluding ortho intramolecular Hbond substituents is 1. The monoisotopic (exact) mass is 372 g/mol. The van der Waals surface area contributed by atoms with Crippen LogP contribution in [0.15, 0.2) is 36.4 Å². The van der Waals surface area contributed by atoms with Gasteiger partial charge in [0, 0.05) is 5.56 Å². The second-order valence-electron chi connectivity index (χ2n) is 6.16. The van der Waals surface area contributed by atoms with Crippen LogP contribution in [-0.2, 0) is 17.6 Å². The summed E-state index contributed by atoms with van der Waals surface area (Å²) in [6.45, 7) is 3.97. The largest absolute Gasteiger partial charge is 0.507 e. The maximum absolute atomic E-state index is 11.6. The fourth-order valence-corrected chi connectivity index (χ4v) is 2.72. The van der Waals surface area contributed by atoms with Gasteiger partial charge in [0.05, 0.1) is 12.0 Å². The Kier molecular flexibility index (Phi) is 7.23. The van der Waals surface area contributed by atoms with E-state index in [0.717, 1.165) is 6.42 Å². The molecular weight excluding hydrogens is 348 g/mol. The predicted molar refractivity (Wildman–Crippen MR) is 101 cm³/mol. The molecule has 0 heterocycles. The SMILES string of the molecule is CCCc1c(OCCOc2ccc(CC(=O)O)cc2)ccc(C(C)=O)c1O. The number of Topliss-reactive ketones (excluding diaryl/α,β-unsaturated/α-hetero) is 1. The molecule has 0 bridgehead atoms. The number of ether oxygens (including phenoxy) is 2. The lowest BCUT2D eigenvalue weighted by molar-refractivity contribution is -0.136. The summed E-state index contributed by atoms with van der Waals surface area (Å²) in [4.78, 5) is 22.3. The fraction of sp³-hybridized carbons (Fsp3) is 0.333. The van der Waals surface area contributed by atoms with Crippen molar-refractivity contribution in [2.75, 3.05) is 13.2 Å². The molecule has 0 saturated carbocycles. The Balaban J connectivity index is 1.94. The van der Waals surface area contributed by atoms with Crippen LogP contribution in [0.2, 0.25) is 0 Å². The summed E-state index contributed by atoms with van der Waals surface area (Å²) in [5.41, 5.74) is 1.63. The van der Waals surface area contributed by atoms with Crippen molar-refractivity contribution < 1.29 is 29.3 Å². The summed E-state index contributed by atoms with van der Waals surface area (Å²) < 4.78 is 11.3. The van der Waals surface area contributed by atoms with E-state index in [1.807, 2.05) is 6.92 Å². The summed E-state index contributed by atoms with van der Waals surface area (Å²) in [6.07, 6.45) is 1.39. The molecule has 2 aromatic rings. The van der Waals surface area contributed by atoms with Crippen LogP contribution in [0.25, 0.3) is 0 Å². The van der Waals surface area contributed by atoms with Gasteiger partial charge in [0.2, 0.25) is 0 Å². The first kappa shape index (κ1) is 20.3. The minimum Gasteiger partial charge on any atom is -0.507 e. The van der Waals surface area contributed by atoms with Crippen LogP contribution in [0.3, 0.4) is 0 Å². The predicted octanol–water partition coefficient (Wildman–Crippen LogP) is 3.63. The van der Waals surface area contributed by atoms with Gasteiger partial charge < -0.3 is 19.7 Å². The van der Waals surface area contributed by atoms with Gasteiger partial charge in [-0.3, -0.25) is 9.59 Å². The van der Waals surface area contributed by atoms with E-state index in [4.69, 9.17) is 14.6 Å². The molecule has 2 rings (SSSR count). The van der Waals surface area contributed by atoms with Gasteiger partial charge in [-0.15, -0.1) is 0 Å². The van der Waals surface area contributed by atoms with Crippen molar-refractivity contribution in [3.05, 3.63) is 53.1 Å². The Morgan fingerprint density at radius 1 is 1.00 bits per heavy atom. The van der Waals surface area contributed by atoms with Crippen molar-refractivity contribution in [1.29, 1.82) is 0 Å². The van der Waals surface area contributed by atoms with Gasteiger partial charge in [0.25, 0.3) is 0 Å². The van der Waals surface area contributed by atoms with Crippen molar-refractivity contribution in [2.45, 2.75) is 33.1 Å². The molecule has 0 aliphatic rings. The van der Waals surface area contributed by atoms with Gasteiger partial charge in [-0.05, 0) is 43.2 Å². The van der Waals surface area contributed by atoms with Gasteiger partial charge in [-0.25, -0.2) is 0 Å². The highest BCUT2D eigenvalue weighted by molar-refractivity contribution is 5.97. The van der Waals surface area contributed by atoms with Crippen LogP contribution in [0.4, 0.5) is 0 Å². The lowest BCUT2D eigenvalue weighted by Gasteiger charge is -2.15. The number of carboxylic acids is 1. The molecule has 0 atom stereocenters. The van der Waals surface area contributed by atoms with Crippen molar-refractivity contribution in [1.82, 2.24) is 0 Å². The quantitative estimate of drug-likeness (QED) is 0.489. The van der Waals surface area contributed by atoms with E-state index in [9.17, 15) is 14.7 Å². The van der Waals surface area contributed by atoms with Crippen LogP contribution in [0.1, 0.15) is 41.8 Å². The number of carboxylic acid groups (broad SMARTS) is 1. The Labute approximate surface area is 158 Å². The molecule has 27 heavy (non-hydrogen) atoms. The number of carbonyl (C=O) groups is 2. The van der Waals surface area contributed by atoms with Crippen LogP contribution >= 0.6 is 0 Å². The average molecular weight is 372 g/mol. The van der Waals surface area contributed by atoms with Crippen LogP contribution in [0, 0.1) is 0 Å². The minimum atomic E-state index is -0.876. The standard InChI is InChI=1S/C21H24O6/c1-3-4-18-19(10-9-17(14(2)22)21(18)25)27-12-11-26-16-7-5-15(6-8-16)13-20(23)24/h5-10,25H,3-4,11-13H2,1-2H3,(H,23,24). The third-order valence-electron chi connectivity index (χ3n) is 4.01. The number of aromatic hydroxyl groups is 1. The Hall–Kier alpha value is -3.02. The van der Waals surface area contributed by atoms with Crippen LogP contribution < -0.4 is 9.47 Å². The molecule has 0 radical (unpaired) electrons. The molecule has 0 amide bonds. The molecule has 144 valence electrons. The zero-order valence-corrected chi connectivity index (χ0v) is 15.5. The van der Waals surface area contributed by atoms with Gasteiger partial charge in [-0.1, -0.05) is 25.5 Å². The molecule has 0 spiro atoms. The number of phenols is 1. The Bertz CT molecular complexity index is 795. The summed E-state index contributed by atoms with van der Waals surface area (Å²) in [5, 5.41) is 19.1. The molecule has 0 aliphatic heterocycles. The molecule has 0 saturated heterocycles. The summed E-state index contributed by atoms with van der Waals surface area (Å²) in [6, 6.07) is 10.1.